The molecule has 0 bridgehead atoms. The zero-order valence-corrected chi connectivity index (χ0v) is 60.0. The Kier molecular flexibility index (Phi) is 62.1. The van der Waals surface area contributed by atoms with Crippen LogP contribution in [0.5, 0.6) is 23.0 Å². The Balaban J connectivity index is -0.000000257. The number of tetrazole rings is 8. The summed E-state index contributed by atoms with van der Waals surface area (Å²) in [5, 5.41) is 159. The van der Waals surface area contributed by atoms with Gasteiger partial charge < -0.3 is 84.7 Å². The number of nitrogens with one attached hydrogen (secondary N) is 1. The van der Waals surface area contributed by atoms with Gasteiger partial charge in [-0.05, 0) is 116 Å². The first kappa shape index (κ1) is 103. The van der Waals surface area contributed by atoms with Crippen LogP contribution in [-0.2, 0) is 96.3 Å². The van der Waals surface area contributed by atoms with Gasteiger partial charge >= 0.3 is 85.3 Å². The van der Waals surface area contributed by atoms with Gasteiger partial charge in [0.25, 0.3) is 0 Å². The summed E-state index contributed by atoms with van der Waals surface area (Å²) >= 11 is 22.9. The average molecular weight is 1700 g/mol. The van der Waals surface area contributed by atoms with Gasteiger partial charge in [-0.2, -0.15) is 47.0 Å². The topological polar surface area (TPSA) is 785 Å². The largest absolute Gasteiger partial charge is 3.00 e. The summed E-state index contributed by atoms with van der Waals surface area (Å²) in [4.78, 5) is 16.9. The fourth-order valence-corrected chi connectivity index (χ4v) is 5.84. The van der Waals surface area contributed by atoms with E-state index in [2.05, 4.69) is 206 Å². The summed E-state index contributed by atoms with van der Waals surface area (Å²) in [5.74, 6) is 0.222. The predicted octanol–water partition coefficient (Wildman–Crippen LogP) is -5.74. The van der Waals surface area contributed by atoms with Crippen molar-refractivity contribution < 1.29 is 127 Å². The molecule has 4 aromatic carbocycles. The number of hydrogen-bond donors (Lipinski definition) is 5. The fraction of sp³-hybridized carbons (Fsp3) is 0.159. The van der Waals surface area contributed by atoms with Crippen LogP contribution >= 0.6 is 46.4 Å². The van der Waals surface area contributed by atoms with Crippen LogP contribution in [0.25, 0.3) is 0 Å². The normalized spacial score (nSPS) is 9.29. The van der Waals surface area contributed by atoms with E-state index in [1.165, 1.54) is 124 Å². The second kappa shape index (κ2) is 61.7. The Morgan fingerprint density at radius 1 is 0.382 bits per heavy atom. The molecule has 5 radical (unpaired) electrons. The molecule has 12 rings (SSSR count). The standard InChI is InChI=1S/4C8H5ClN5O.C6H15N.C2H3N.4CH2N5.5Fe.H2O.2O/c4*9-6-1-2-7(15)5(3-6)4-10-8-11-13-14-12-8;1-4-7(5-2)6-3;1-2-3;4*2-1-3-5-6-4-1;;;;;;;;/h4*1-4H,(H-,10,11,12,13,14,15);4-6H2,1-3H3;1H3;4*(H2-,2,3,4,5,6);;;;;;1H2;;/q4*-1;;;4*-1;5*+3;;2*-2/p-3. The van der Waals surface area contributed by atoms with E-state index in [1.807, 2.05) is 0 Å². The van der Waals surface area contributed by atoms with E-state index < -0.39 is 0 Å². The first-order valence-corrected chi connectivity index (χ1v) is 26.6. The first-order valence-electron chi connectivity index (χ1n) is 25.0. The van der Waals surface area contributed by atoms with Crippen LogP contribution in [0.2, 0.25) is 20.1 Å². The molecule has 0 aliphatic rings. The monoisotopic (exact) mass is 1690 g/mol. The molecule has 0 saturated carbocycles. The van der Waals surface area contributed by atoms with Gasteiger partial charge in [0.05, 0.1) is 49.5 Å². The van der Waals surface area contributed by atoms with Gasteiger partial charge in [0.1, 0.15) is 23.8 Å². The SMILES string of the molecule is CC#N.CC[NH+](CC)CC.Nc1nnn[n-]1.Nc1nnn[n-]1.Nc1nnn[n-]1.Nc1nnn[n-]1.O.[Fe+3].[Fe+3].[Fe+3].[Fe+3].[Fe+3].[O-2].[O-2].[O-]c1ccc(Cl)cc1/C=N/c1nnn[n-]1.[O-]c1ccc(Cl)cc1/C=N/c1nnn[n-]1.[O-]c1ccc(Cl)cc1/C=N/c1nnn[n-]1.[O-]c1ccc(Cl)cc1/C=N/c1nnn[n-]1. The third-order valence-corrected chi connectivity index (χ3v) is 10.2. The maximum atomic E-state index is 11.3. The van der Waals surface area contributed by atoms with Crippen LogP contribution in [0.1, 0.15) is 49.9 Å². The molecule has 58 heteroatoms. The summed E-state index contributed by atoms with van der Waals surface area (Å²) in [6.45, 7) is 11.9. The number of nitriles is 1. The minimum absolute atomic E-state index is 0. The molecule has 0 fully saturated rings. The number of aliphatic imine (C=N–C) groups is 4. The summed E-state index contributed by atoms with van der Waals surface area (Å²) in [6.07, 6.45) is 5.31. The number of halogens is 4. The van der Waals surface area contributed by atoms with E-state index in [1.54, 1.807) is 11.0 Å². The second-order valence-corrected chi connectivity index (χ2v) is 17.2. The number of nitrogens with zero attached hydrogens (tertiary/aromatic N) is 37. The van der Waals surface area contributed by atoms with Crippen molar-refractivity contribution >= 4 is 119 Å². The zero-order chi connectivity index (χ0) is 68.7. The number of hydrogen-bond acceptors (Lipinski definition) is 37. The van der Waals surface area contributed by atoms with Crippen molar-refractivity contribution in [2.45, 2.75) is 27.7 Å². The fourth-order valence-electron chi connectivity index (χ4n) is 5.11. The summed E-state index contributed by atoms with van der Waals surface area (Å²) < 4.78 is 0. The molecule has 0 amide bonds. The maximum Gasteiger partial charge on any atom is 3.00 e. The number of benzene rings is 4. The molecule has 0 aliphatic carbocycles. The second-order valence-electron chi connectivity index (χ2n) is 15.5. The van der Waals surface area contributed by atoms with Gasteiger partial charge in [-0.3, -0.25) is 40.8 Å². The molecular weight excluding hydrogens is 1650 g/mol. The molecule has 0 spiro atoms. The summed E-state index contributed by atoms with van der Waals surface area (Å²) in [6, 6.07) is 19.3. The Morgan fingerprint density at radius 3 is 0.676 bits per heavy atom. The molecular formula is C44H45Cl4Fe5N42O7. The van der Waals surface area contributed by atoms with Crippen molar-refractivity contribution in [3.8, 4) is 29.1 Å². The molecule has 0 atom stereocenters. The molecule has 12 aromatic rings. The quantitative estimate of drug-likeness (QED) is 0.0595. The van der Waals surface area contributed by atoms with E-state index in [0.29, 0.717) is 42.3 Å². The van der Waals surface area contributed by atoms with Crippen molar-refractivity contribution in [1.29, 1.82) is 5.26 Å². The molecule has 8 aromatic heterocycles. The average Bonchev–Trinajstić information content (AvgIpc) is 0.986. The molecule has 8 heterocycles. The smallest absolute Gasteiger partial charge is 2.00 e. The van der Waals surface area contributed by atoms with Crippen molar-refractivity contribution in [2.24, 2.45) is 20.0 Å². The third kappa shape index (κ3) is 46.0. The van der Waals surface area contributed by atoms with Crippen LogP contribution in [0.15, 0.2) is 92.8 Å². The summed E-state index contributed by atoms with van der Waals surface area (Å²) in [5.41, 5.74) is 21.2. The minimum Gasteiger partial charge on any atom is -2.00 e. The Hall–Kier alpha value is -10.4. The van der Waals surface area contributed by atoms with E-state index in [-0.39, 0.29) is 172 Å². The van der Waals surface area contributed by atoms with Crippen LogP contribution in [0, 0.1) is 11.3 Å². The van der Waals surface area contributed by atoms with Crippen LogP contribution in [0.3, 0.4) is 0 Å². The van der Waals surface area contributed by atoms with Gasteiger partial charge in [0, 0.05) is 27.0 Å². The van der Waals surface area contributed by atoms with Crippen LogP contribution in [0.4, 0.5) is 47.6 Å². The van der Waals surface area contributed by atoms with Crippen LogP contribution < -0.4 is 89.1 Å². The molecule has 0 aliphatic heterocycles. The Labute approximate surface area is 646 Å². The Bertz CT molecular complexity index is 3540. The number of rotatable bonds is 11. The first-order chi connectivity index (χ1) is 45.4. The van der Waals surface area contributed by atoms with E-state index >= 15 is 0 Å². The molecule has 11 N–H and O–H groups in total. The van der Waals surface area contributed by atoms with Gasteiger partial charge in [0.2, 0.25) is 0 Å². The van der Waals surface area contributed by atoms with Gasteiger partial charge in [-0.1, -0.05) is 70.7 Å². The third-order valence-electron chi connectivity index (χ3n) is 9.23. The number of anilines is 4. The van der Waals surface area contributed by atoms with Crippen LogP contribution in [-0.4, -0.2) is 174 Å². The van der Waals surface area contributed by atoms with E-state index in [4.69, 9.17) is 74.6 Å². The van der Waals surface area contributed by atoms with Crippen molar-refractivity contribution in [3.63, 3.8) is 0 Å². The predicted molar refractivity (Wildman–Crippen MR) is 324 cm³/mol. The number of nitrogens with two attached hydrogens (primary N) is 4. The van der Waals surface area contributed by atoms with Gasteiger partial charge in [-0.15, -0.1) is 64.7 Å². The van der Waals surface area contributed by atoms with Crippen molar-refractivity contribution in [2.75, 3.05) is 42.6 Å². The molecule has 49 nitrogen and oxygen atoms in total. The maximum absolute atomic E-state index is 11.3. The molecule has 541 valence electrons. The minimum atomic E-state index is -0.171. The number of quaternary nitrogens is 1. The Morgan fingerprint density at radius 2 is 0.559 bits per heavy atom. The summed E-state index contributed by atoms with van der Waals surface area (Å²) in [7, 11) is 0. The zero-order valence-electron chi connectivity index (χ0n) is 51.4. The van der Waals surface area contributed by atoms with E-state index in [9.17, 15) is 20.4 Å². The molecule has 0 saturated heterocycles. The van der Waals surface area contributed by atoms with Crippen molar-refractivity contribution in [3.05, 3.63) is 115 Å². The van der Waals surface area contributed by atoms with Gasteiger partial charge in [0.15, 0.2) is 0 Å². The number of aromatic nitrogens is 32. The van der Waals surface area contributed by atoms with Gasteiger partial charge in [-0.25, -0.2) is 40.8 Å². The van der Waals surface area contributed by atoms with E-state index in [0.717, 1.165) is 0 Å². The molecule has 102 heavy (non-hydrogen) atoms. The van der Waals surface area contributed by atoms with Crippen molar-refractivity contribution in [1.82, 2.24) is 165 Å². The number of nitrogen functional groups attached to an aromatic ring is 4. The molecule has 0 unspecified atom stereocenters.